The van der Waals surface area contributed by atoms with Crippen LogP contribution in [0.25, 0.3) is 11.4 Å². The largest absolute Gasteiger partial charge is 0.340 e. The Morgan fingerprint density at radius 1 is 1.08 bits per heavy atom. The van der Waals surface area contributed by atoms with Crippen LogP contribution in [0.2, 0.25) is 0 Å². The second-order valence-electron chi connectivity index (χ2n) is 5.74. The van der Waals surface area contributed by atoms with Crippen molar-refractivity contribution >= 4 is 5.91 Å². The summed E-state index contributed by atoms with van der Waals surface area (Å²) in [6, 6.07) is 17.7. The van der Waals surface area contributed by atoms with Gasteiger partial charge in [-0.25, -0.2) is 0 Å². The van der Waals surface area contributed by atoms with E-state index in [1.54, 1.807) is 11.9 Å². The van der Waals surface area contributed by atoms with Crippen LogP contribution in [-0.4, -0.2) is 38.1 Å². The van der Waals surface area contributed by atoms with Crippen molar-refractivity contribution in [2.45, 2.75) is 20.0 Å². The lowest BCUT2D eigenvalue weighted by Crippen LogP contribution is -2.30. The normalized spacial score (nSPS) is 10.6. The van der Waals surface area contributed by atoms with Gasteiger partial charge in [0.05, 0.1) is 0 Å². The van der Waals surface area contributed by atoms with Gasteiger partial charge in [0.2, 0.25) is 11.7 Å². The molecular weight excluding hydrogens is 302 g/mol. The molecule has 2 aromatic carbocycles. The molecule has 1 aromatic heterocycles. The number of tetrazole rings is 1. The third-order valence-corrected chi connectivity index (χ3v) is 3.73. The molecule has 0 fully saturated rings. The van der Waals surface area contributed by atoms with Crippen molar-refractivity contribution < 1.29 is 4.79 Å². The van der Waals surface area contributed by atoms with Crippen LogP contribution in [0.15, 0.2) is 54.6 Å². The van der Waals surface area contributed by atoms with Crippen LogP contribution in [0.4, 0.5) is 0 Å². The Labute approximate surface area is 140 Å². The van der Waals surface area contributed by atoms with E-state index in [1.807, 2.05) is 61.5 Å². The molecule has 0 saturated heterocycles. The van der Waals surface area contributed by atoms with Crippen molar-refractivity contribution in [1.82, 2.24) is 25.1 Å². The Bertz CT molecular complexity index is 811. The highest BCUT2D eigenvalue weighted by Crippen LogP contribution is 2.12. The summed E-state index contributed by atoms with van der Waals surface area (Å²) in [6.07, 6.45) is 0. The average Bonchev–Trinajstić information content (AvgIpc) is 3.06. The number of hydrogen-bond acceptors (Lipinski definition) is 4. The van der Waals surface area contributed by atoms with Crippen LogP contribution in [0.1, 0.15) is 11.1 Å². The van der Waals surface area contributed by atoms with E-state index in [-0.39, 0.29) is 12.5 Å². The molecule has 0 N–H and O–H groups in total. The number of aryl methyl sites for hydroxylation is 1. The maximum absolute atomic E-state index is 12.3. The predicted octanol–water partition coefficient (Wildman–Crippen LogP) is 2.31. The number of nitrogens with zero attached hydrogens (tertiary/aromatic N) is 5. The second kappa shape index (κ2) is 7.04. The van der Waals surface area contributed by atoms with Gasteiger partial charge in [-0.15, -0.1) is 10.2 Å². The molecule has 0 unspecified atom stereocenters. The summed E-state index contributed by atoms with van der Waals surface area (Å²) in [7, 11) is 1.78. The van der Waals surface area contributed by atoms with Crippen molar-refractivity contribution in [3.8, 4) is 11.4 Å². The number of carbonyl (C=O) groups is 1. The van der Waals surface area contributed by atoms with Crippen LogP contribution in [-0.2, 0) is 17.9 Å². The molecule has 1 heterocycles. The Morgan fingerprint density at radius 3 is 2.50 bits per heavy atom. The second-order valence-corrected chi connectivity index (χ2v) is 5.74. The molecule has 0 aliphatic carbocycles. The van der Waals surface area contributed by atoms with Crippen molar-refractivity contribution in [3.05, 3.63) is 65.7 Å². The van der Waals surface area contributed by atoms with Gasteiger partial charge in [-0.1, -0.05) is 60.2 Å². The number of carbonyl (C=O) groups excluding carboxylic acids is 1. The monoisotopic (exact) mass is 321 g/mol. The highest BCUT2D eigenvalue weighted by molar-refractivity contribution is 5.75. The highest BCUT2D eigenvalue weighted by Gasteiger charge is 2.13. The molecule has 6 nitrogen and oxygen atoms in total. The van der Waals surface area contributed by atoms with Gasteiger partial charge in [0, 0.05) is 19.2 Å². The van der Waals surface area contributed by atoms with Crippen molar-refractivity contribution in [3.63, 3.8) is 0 Å². The molecule has 0 aliphatic heterocycles. The Kier molecular flexibility index (Phi) is 4.65. The minimum Gasteiger partial charge on any atom is -0.340 e. The summed E-state index contributed by atoms with van der Waals surface area (Å²) >= 11 is 0. The fraction of sp³-hybridized carbons (Fsp3) is 0.222. The standard InChI is InChI=1S/C18H19N5O/c1-14-8-10-15(11-9-14)12-22(2)17(24)13-23-20-18(19-21-23)16-6-4-3-5-7-16/h3-11H,12-13H2,1-2H3. The van der Waals surface area contributed by atoms with E-state index in [0.29, 0.717) is 12.4 Å². The van der Waals surface area contributed by atoms with Gasteiger partial charge in [-0.3, -0.25) is 4.79 Å². The van der Waals surface area contributed by atoms with Crippen molar-refractivity contribution in [2.75, 3.05) is 7.05 Å². The lowest BCUT2D eigenvalue weighted by Gasteiger charge is -2.16. The fourth-order valence-corrected chi connectivity index (χ4v) is 2.31. The molecule has 122 valence electrons. The third-order valence-electron chi connectivity index (χ3n) is 3.73. The van der Waals surface area contributed by atoms with Gasteiger partial charge in [0.1, 0.15) is 6.54 Å². The van der Waals surface area contributed by atoms with Crippen LogP contribution in [0.3, 0.4) is 0 Å². The molecule has 0 bridgehead atoms. The van der Waals surface area contributed by atoms with Crippen LogP contribution in [0.5, 0.6) is 0 Å². The molecule has 0 saturated carbocycles. The van der Waals surface area contributed by atoms with E-state index in [9.17, 15) is 4.79 Å². The topological polar surface area (TPSA) is 63.9 Å². The number of hydrogen-bond donors (Lipinski definition) is 0. The summed E-state index contributed by atoms with van der Waals surface area (Å²) in [4.78, 5) is 15.3. The van der Waals surface area contributed by atoms with Crippen LogP contribution < -0.4 is 0 Å². The van der Waals surface area contributed by atoms with Gasteiger partial charge < -0.3 is 4.90 Å². The zero-order valence-electron chi connectivity index (χ0n) is 13.8. The first kappa shape index (κ1) is 15.9. The van der Waals surface area contributed by atoms with E-state index >= 15 is 0 Å². The average molecular weight is 321 g/mol. The van der Waals surface area contributed by atoms with Gasteiger partial charge >= 0.3 is 0 Å². The number of aromatic nitrogens is 4. The molecule has 0 atom stereocenters. The maximum Gasteiger partial charge on any atom is 0.246 e. The Hall–Kier alpha value is -3.02. The van der Waals surface area contributed by atoms with Gasteiger partial charge in [0.25, 0.3) is 0 Å². The molecule has 0 radical (unpaired) electrons. The number of benzene rings is 2. The SMILES string of the molecule is Cc1ccc(CN(C)C(=O)Cn2nnc(-c3ccccc3)n2)cc1. The molecule has 24 heavy (non-hydrogen) atoms. The molecule has 1 amide bonds. The first-order chi connectivity index (χ1) is 11.6. The maximum atomic E-state index is 12.3. The van der Waals surface area contributed by atoms with E-state index in [4.69, 9.17) is 0 Å². The number of rotatable bonds is 5. The lowest BCUT2D eigenvalue weighted by atomic mass is 10.1. The Morgan fingerprint density at radius 2 is 1.79 bits per heavy atom. The summed E-state index contributed by atoms with van der Waals surface area (Å²) in [5.41, 5.74) is 3.17. The first-order valence-electron chi connectivity index (χ1n) is 7.74. The summed E-state index contributed by atoms with van der Waals surface area (Å²) in [6.45, 7) is 2.67. The van der Waals surface area contributed by atoms with Crippen molar-refractivity contribution in [1.29, 1.82) is 0 Å². The molecule has 3 aromatic rings. The van der Waals surface area contributed by atoms with Crippen LogP contribution in [0, 0.1) is 6.92 Å². The summed E-state index contributed by atoms with van der Waals surface area (Å²) < 4.78 is 0. The van der Waals surface area contributed by atoms with E-state index in [0.717, 1.165) is 11.1 Å². The predicted molar refractivity (Wildman–Crippen MR) is 90.9 cm³/mol. The zero-order valence-corrected chi connectivity index (χ0v) is 13.8. The first-order valence-corrected chi connectivity index (χ1v) is 7.74. The van der Waals surface area contributed by atoms with Crippen molar-refractivity contribution in [2.24, 2.45) is 0 Å². The quantitative estimate of drug-likeness (QED) is 0.723. The summed E-state index contributed by atoms with van der Waals surface area (Å²) in [5, 5.41) is 12.2. The minimum absolute atomic E-state index is 0.0624. The van der Waals surface area contributed by atoms with E-state index < -0.39 is 0 Å². The van der Waals surface area contributed by atoms with Gasteiger partial charge in [0.15, 0.2) is 0 Å². The Balaban J connectivity index is 1.62. The molecular formula is C18H19N5O. The molecule has 0 aliphatic rings. The number of likely N-dealkylation sites (N-methyl/N-ethyl adjacent to an activating group) is 1. The van der Waals surface area contributed by atoms with E-state index in [2.05, 4.69) is 15.4 Å². The molecule has 0 spiro atoms. The highest BCUT2D eigenvalue weighted by atomic mass is 16.2. The van der Waals surface area contributed by atoms with Gasteiger partial charge in [-0.05, 0) is 17.7 Å². The van der Waals surface area contributed by atoms with Gasteiger partial charge in [-0.2, -0.15) is 4.80 Å². The fourth-order valence-electron chi connectivity index (χ4n) is 2.31. The van der Waals surface area contributed by atoms with E-state index in [1.165, 1.54) is 10.4 Å². The van der Waals surface area contributed by atoms with Crippen LogP contribution >= 0.6 is 0 Å². The molecule has 3 rings (SSSR count). The zero-order chi connectivity index (χ0) is 16.9. The third kappa shape index (κ3) is 3.84. The lowest BCUT2D eigenvalue weighted by molar-refractivity contribution is -0.131. The smallest absolute Gasteiger partial charge is 0.246 e. The summed E-state index contributed by atoms with van der Waals surface area (Å²) in [5.74, 6) is 0.456. The molecule has 6 heteroatoms. The minimum atomic E-state index is -0.0624. The number of amides is 1.